The molecule has 0 spiro atoms. The maximum Gasteiger partial charge on any atom is 0.263 e. The SMILES string of the molecule is COc1nc(OCC2CCC(F)(F)CC2)ccc1-c1nccc2cc(S(=O)(=O)Nc3ccncn3)ccc12. The van der Waals surface area contributed by atoms with E-state index < -0.39 is 15.9 Å². The Labute approximate surface area is 218 Å². The highest BCUT2D eigenvalue weighted by Crippen LogP contribution is 2.37. The molecule has 3 heterocycles. The molecular formula is C26H25F2N5O4S. The first kappa shape index (κ1) is 25.7. The van der Waals surface area contributed by atoms with E-state index in [-0.39, 0.29) is 35.4 Å². The van der Waals surface area contributed by atoms with Gasteiger partial charge in [-0.2, -0.15) is 4.98 Å². The van der Waals surface area contributed by atoms with Crippen LogP contribution in [0.4, 0.5) is 14.6 Å². The van der Waals surface area contributed by atoms with Crippen molar-refractivity contribution in [3.05, 3.63) is 61.2 Å². The van der Waals surface area contributed by atoms with E-state index in [1.807, 2.05) is 0 Å². The fourth-order valence-corrected chi connectivity index (χ4v) is 5.44. The van der Waals surface area contributed by atoms with Gasteiger partial charge in [-0.15, -0.1) is 0 Å². The molecular weight excluding hydrogens is 516 g/mol. The molecule has 0 atom stereocenters. The van der Waals surface area contributed by atoms with E-state index in [2.05, 4.69) is 24.7 Å². The molecule has 1 aliphatic rings. The third-order valence-corrected chi connectivity index (χ3v) is 7.81. The van der Waals surface area contributed by atoms with Crippen LogP contribution in [0.15, 0.2) is 66.1 Å². The summed E-state index contributed by atoms with van der Waals surface area (Å²) >= 11 is 0. The number of ether oxygens (including phenoxy) is 2. The van der Waals surface area contributed by atoms with Crippen LogP contribution >= 0.6 is 0 Å². The van der Waals surface area contributed by atoms with Crippen LogP contribution in [0, 0.1) is 5.92 Å². The lowest BCUT2D eigenvalue weighted by Crippen LogP contribution is -2.27. The summed E-state index contributed by atoms with van der Waals surface area (Å²) in [5.74, 6) is -1.76. The smallest absolute Gasteiger partial charge is 0.263 e. The number of benzene rings is 1. The summed E-state index contributed by atoms with van der Waals surface area (Å²) in [7, 11) is -2.40. The van der Waals surface area contributed by atoms with E-state index in [0.717, 1.165) is 0 Å². The Hall–Kier alpha value is -3.93. The second-order valence-corrected chi connectivity index (χ2v) is 10.7. The summed E-state index contributed by atoms with van der Waals surface area (Å²) in [4.78, 5) is 16.7. The molecule has 0 saturated heterocycles. The molecule has 9 nitrogen and oxygen atoms in total. The lowest BCUT2D eigenvalue weighted by atomic mass is 9.87. The van der Waals surface area contributed by atoms with Crippen molar-refractivity contribution < 1.29 is 26.7 Å². The molecule has 3 aromatic heterocycles. The molecule has 4 aromatic rings. The molecule has 5 rings (SSSR count). The Morgan fingerprint density at radius 1 is 1.05 bits per heavy atom. The summed E-state index contributed by atoms with van der Waals surface area (Å²) in [5.41, 5.74) is 1.15. The van der Waals surface area contributed by atoms with Gasteiger partial charge in [-0.3, -0.25) is 9.71 Å². The highest BCUT2D eigenvalue weighted by atomic mass is 32.2. The van der Waals surface area contributed by atoms with Crippen LogP contribution in [0.1, 0.15) is 25.7 Å². The van der Waals surface area contributed by atoms with E-state index in [9.17, 15) is 17.2 Å². The first-order valence-electron chi connectivity index (χ1n) is 12.0. The Balaban J connectivity index is 1.38. The first-order valence-corrected chi connectivity index (χ1v) is 13.5. The molecule has 1 saturated carbocycles. The third-order valence-electron chi connectivity index (χ3n) is 6.45. The molecule has 0 amide bonds. The first-order chi connectivity index (χ1) is 18.2. The van der Waals surface area contributed by atoms with Crippen molar-refractivity contribution in [2.45, 2.75) is 36.5 Å². The topological polar surface area (TPSA) is 116 Å². The number of hydrogen-bond acceptors (Lipinski definition) is 8. The van der Waals surface area contributed by atoms with Gasteiger partial charge in [0, 0.05) is 36.7 Å². The average molecular weight is 542 g/mol. The number of sulfonamides is 1. The minimum atomic E-state index is -3.88. The second-order valence-electron chi connectivity index (χ2n) is 9.06. The van der Waals surface area contributed by atoms with Crippen molar-refractivity contribution in [1.82, 2.24) is 19.9 Å². The quantitative estimate of drug-likeness (QED) is 0.328. The molecule has 1 aliphatic carbocycles. The van der Waals surface area contributed by atoms with Gasteiger partial charge in [0.1, 0.15) is 12.1 Å². The zero-order valence-corrected chi connectivity index (χ0v) is 21.3. The lowest BCUT2D eigenvalue weighted by Gasteiger charge is -2.27. The molecule has 12 heteroatoms. The van der Waals surface area contributed by atoms with E-state index in [1.165, 1.54) is 31.8 Å². The van der Waals surface area contributed by atoms with Gasteiger partial charge in [0.05, 0.1) is 29.9 Å². The zero-order chi connectivity index (χ0) is 26.8. The van der Waals surface area contributed by atoms with Crippen molar-refractivity contribution in [2.24, 2.45) is 5.92 Å². The van der Waals surface area contributed by atoms with E-state index >= 15 is 0 Å². The third kappa shape index (κ3) is 5.64. The molecule has 0 radical (unpaired) electrons. The number of halogens is 2. The van der Waals surface area contributed by atoms with Crippen molar-refractivity contribution in [2.75, 3.05) is 18.4 Å². The Morgan fingerprint density at radius 2 is 1.87 bits per heavy atom. The van der Waals surface area contributed by atoms with Crippen LogP contribution in [-0.2, 0) is 10.0 Å². The van der Waals surface area contributed by atoms with Crippen LogP contribution in [0.3, 0.4) is 0 Å². The fraction of sp³-hybridized carbons (Fsp3) is 0.308. The predicted molar refractivity (Wildman–Crippen MR) is 137 cm³/mol. The van der Waals surface area contributed by atoms with Crippen LogP contribution in [0.2, 0.25) is 0 Å². The summed E-state index contributed by atoms with van der Waals surface area (Å²) in [6, 6.07) is 11.3. The van der Waals surface area contributed by atoms with Gasteiger partial charge in [-0.25, -0.2) is 27.2 Å². The van der Waals surface area contributed by atoms with Crippen LogP contribution in [0.5, 0.6) is 11.8 Å². The van der Waals surface area contributed by atoms with Crippen LogP contribution < -0.4 is 14.2 Å². The normalized spacial score (nSPS) is 15.8. The number of nitrogens with zero attached hydrogens (tertiary/aromatic N) is 4. The van der Waals surface area contributed by atoms with E-state index in [4.69, 9.17) is 9.47 Å². The monoisotopic (exact) mass is 541 g/mol. The number of methoxy groups -OCH3 is 1. The van der Waals surface area contributed by atoms with Gasteiger partial charge in [0.2, 0.25) is 17.7 Å². The number of fused-ring (bicyclic) bond motifs is 1. The minimum absolute atomic E-state index is 0.0520. The van der Waals surface area contributed by atoms with Gasteiger partial charge < -0.3 is 9.47 Å². The number of aromatic nitrogens is 4. The maximum atomic E-state index is 13.4. The van der Waals surface area contributed by atoms with Gasteiger partial charge in [-0.05, 0) is 54.5 Å². The van der Waals surface area contributed by atoms with Crippen molar-refractivity contribution in [3.8, 4) is 23.0 Å². The number of hydrogen-bond donors (Lipinski definition) is 1. The highest BCUT2D eigenvalue weighted by Gasteiger charge is 2.35. The van der Waals surface area contributed by atoms with Crippen LogP contribution in [0.25, 0.3) is 22.0 Å². The van der Waals surface area contributed by atoms with Gasteiger partial charge in [-0.1, -0.05) is 6.07 Å². The zero-order valence-electron chi connectivity index (χ0n) is 20.5. The fourth-order valence-electron chi connectivity index (χ4n) is 4.39. The average Bonchev–Trinajstić information content (AvgIpc) is 2.92. The number of rotatable bonds is 8. The van der Waals surface area contributed by atoms with Gasteiger partial charge in [0.15, 0.2) is 0 Å². The Bertz CT molecular complexity index is 1540. The molecule has 1 N–H and O–H groups in total. The second kappa shape index (κ2) is 10.4. The standard InChI is InChI=1S/C26H25F2N5O4S/c1-36-25-21(4-5-23(32-25)37-15-17-6-10-26(27,28)11-7-17)24-20-3-2-19(14-18(20)8-13-30-24)38(34,35)33-22-9-12-29-16-31-22/h2-5,8-9,12-14,16-17H,6-7,10-11,15H2,1H3,(H,29,31,33). The van der Waals surface area contributed by atoms with Crippen molar-refractivity contribution in [1.29, 1.82) is 0 Å². The van der Waals surface area contributed by atoms with Gasteiger partial charge in [0.25, 0.3) is 10.0 Å². The molecule has 0 unspecified atom stereocenters. The summed E-state index contributed by atoms with van der Waals surface area (Å²) in [5, 5.41) is 1.35. The lowest BCUT2D eigenvalue weighted by molar-refractivity contribution is -0.0500. The van der Waals surface area contributed by atoms with Crippen molar-refractivity contribution in [3.63, 3.8) is 0 Å². The molecule has 0 bridgehead atoms. The number of nitrogens with one attached hydrogen (secondary N) is 1. The van der Waals surface area contributed by atoms with E-state index in [1.54, 1.807) is 36.5 Å². The van der Waals surface area contributed by atoms with Gasteiger partial charge >= 0.3 is 0 Å². The number of pyridine rings is 2. The summed E-state index contributed by atoms with van der Waals surface area (Å²) < 4.78 is 66.3. The van der Waals surface area contributed by atoms with Crippen LogP contribution in [-0.4, -0.2) is 48.0 Å². The maximum absolute atomic E-state index is 13.4. The Morgan fingerprint density at radius 3 is 2.61 bits per heavy atom. The molecule has 0 aliphatic heterocycles. The molecule has 1 aromatic carbocycles. The molecule has 38 heavy (non-hydrogen) atoms. The Kier molecular flexibility index (Phi) is 7.06. The molecule has 1 fully saturated rings. The minimum Gasteiger partial charge on any atom is -0.480 e. The molecule has 198 valence electrons. The summed E-state index contributed by atoms with van der Waals surface area (Å²) in [6.45, 7) is 0.304. The highest BCUT2D eigenvalue weighted by molar-refractivity contribution is 7.92. The van der Waals surface area contributed by atoms with Crippen molar-refractivity contribution >= 4 is 26.6 Å². The summed E-state index contributed by atoms with van der Waals surface area (Å²) in [6.07, 6.45) is 4.85. The number of anilines is 1. The largest absolute Gasteiger partial charge is 0.480 e. The number of alkyl halides is 2. The predicted octanol–water partition coefficient (Wildman–Crippen LogP) is 5.10. The van der Waals surface area contributed by atoms with E-state index in [0.29, 0.717) is 47.4 Å².